The number of piperidine rings is 1. The van der Waals surface area contributed by atoms with Gasteiger partial charge in [0, 0.05) is 51.4 Å². The fourth-order valence-corrected chi connectivity index (χ4v) is 3.86. The number of nitrogens with zero attached hydrogens (tertiary/aromatic N) is 3. The number of hydrogen-bond donors (Lipinski definition) is 0. The van der Waals surface area contributed by atoms with E-state index in [1.54, 1.807) is 0 Å². The van der Waals surface area contributed by atoms with E-state index in [4.69, 9.17) is 9.47 Å². The first-order valence-corrected chi connectivity index (χ1v) is 9.49. The molecule has 0 spiro atoms. The summed E-state index contributed by atoms with van der Waals surface area (Å²) in [5.74, 6) is 1.10. The van der Waals surface area contributed by atoms with Crippen molar-refractivity contribution in [3.05, 3.63) is 30.5 Å². The standard InChI is InChI=1S/C20H27N3O3/c1-21-8-7-17-18(21)3-2-4-19(17)26-16-5-9-22(10-6-16)11-12-23-13-14-25-15-20(23)24/h2-4,7-8,16H,5-6,9-15H2,1H3. The van der Waals surface area contributed by atoms with Gasteiger partial charge in [0.25, 0.3) is 0 Å². The van der Waals surface area contributed by atoms with Crippen LogP contribution in [0.4, 0.5) is 0 Å². The summed E-state index contributed by atoms with van der Waals surface area (Å²) < 4.78 is 13.6. The average Bonchev–Trinajstić information content (AvgIpc) is 3.05. The molecule has 2 aromatic rings. The second-order valence-corrected chi connectivity index (χ2v) is 7.21. The van der Waals surface area contributed by atoms with Crippen LogP contribution in [0.3, 0.4) is 0 Å². The molecule has 2 saturated heterocycles. The molecular formula is C20H27N3O3. The van der Waals surface area contributed by atoms with Crippen LogP contribution < -0.4 is 4.74 Å². The Balaban J connectivity index is 1.27. The lowest BCUT2D eigenvalue weighted by Crippen LogP contribution is -2.47. The molecule has 140 valence electrons. The van der Waals surface area contributed by atoms with Crippen LogP contribution >= 0.6 is 0 Å². The molecule has 0 radical (unpaired) electrons. The SMILES string of the molecule is Cn1ccc2c(OC3CCN(CCN4CCOCC4=O)CC3)cccc21. The highest BCUT2D eigenvalue weighted by Crippen LogP contribution is 2.28. The quantitative estimate of drug-likeness (QED) is 0.820. The van der Waals surface area contributed by atoms with Crippen molar-refractivity contribution in [1.82, 2.24) is 14.4 Å². The number of amides is 1. The molecule has 1 aromatic heterocycles. The van der Waals surface area contributed by atoms with Gasteiger partial charge in [-0.25, -0.2) is 0 Å². The first-order chi connectivity index (χ1) is 12.7. The molecule has 4 rings (SSSR count). The van der Waals surface area contributed by atoms with Gasteiger partial charge >= 0.3 is 0 Å². The lowest BCUT2D eigenvalue weighted by Gasteiger charge is -2.34. The summed E-state index contributed by atoms with van der Waals surface area (Å²) in [6.45, 7) is 5.40. The topological polar surface area (TPSA) is 46.9 Å². The maximum atomic E-state index is 11.8. The van der Waals surface area contributed by atoms with E-state index in [0.717, 1.165) is 51.3 Å². The van der Waals surface area contributed by atoms with Crippen LogP contribution in [0.15, 0.2) is 30.5 Å². The van der Waals surface area contributed by atoms with Gasteiger partial charge in [-0.05, 0) is 31.0 Å². The van der Waals surface area contributed by atoms with Gasteiger partial charge in [0.15, 0.2) is 0 Å². The molecule has 1 amide bonds. The Kier molecular flexibility index (Phi) is 5.13. The Labute approximate surface area is 154 Å². The molecule has 0 saturated carbocycles. The number of hydrogen-bond acceptors (Lipinski definition) is 4. The normalized spacial score (nSPS) is 20.0. The number of carbonyl (C=O) groups excluding carboxylic acids is 1. The van der Waals surface area contributed by atoms with Crippen molar-refractivity contribution < 1.29 is 14.3 Å². The summed E-state index contributed by atoms with van der Waals surface area (Å²) in [5.41, 5.74) is 1.20. The predicted octanol–water partition coefficient (Wildman–Crippen LogP) is 1.88. The van der Waals surface area contributed by atoms with Crippen LogP contribution in [0.2, 0.25) is 0 Å². The van der Waals surface area contributed by atoms with E-state index in [1.807, 2.05) is 4.90 Å². The molecule has 0 unspecified atom stereocenters. The number of carbonyl (C=O) groups is 1. The van der Waals surface area contributed by atoms with E-state index in [1.165, 1.54) is 10.9 Å². The summed E-state index contributed by atoms with van der Waals surface area (Å²) in [6, 6.07) is 8.38. The van der Waals surface area contributed by atoms with Crippen LogP contribution in [0.25, 0.3) is 10.9 Å². The number of likely N-dealkylation sites (tertiary alicyclic amines) is 1. The number of aryl methyl sites for hydroxylation is 1. The number of aromatic nitrogens is 1. The monoisotopic (exact) mass is 357 g/mol. The Morgan fingerprint density at radius 2 is 2.00 bits per heavy atom. The molecule has 0 bridgehead atoms. The van der Waals surface area contributed by atoms with Crippen molar-refractivity contribution in [2.24, 2.45) is 7.05 Å². The Morgan fingerprint density at radius 1 is 1.15 bits per heavy atom. The highest BCUT2D eigenvalue weighted by Gasteiger charge is 2.23. The number of rotatable bonds is 5. The smallest absolute Gasteiger partial charge is 0.248 e. The molecule has 0 aliphatic carbocycles. The zero-order chi connectivity index (χ0) is 17.9. The predicted molar refractivity (Wildman–Crippen MR) is 100 cm³/mol. The third-order valence-corrected chi connectivity index (χ3v) is 5.49. The van der Waals surface area contributed by atoms with Gasteiger partial charge in [-0.3, -0.25) is 4.79 Å². The van der Waals surface area contributed by atoms with Crippen molar-refractivity contribution in [3.8, 4) is 5.75 Å². The van der Waals surface area contributed by atoms with Crippen molar-refractivity contribution in [2.45, 2.75) is 18.9 Å². The Hall–Kier alpha value is -2.05. The first-order valence-electron chi connectivity index (χ1n) is 9.49. The Morgan fingerprint density at radius 3 is 2.81 bits per heavy atom. The van der Waals surface area contributed by atoms with E-state index in [-0.39, 0.29) is 18.6 Å². The van der Waals surface area contributed by atoms with Gasteiger partial charge in [-0.15, -0.1) is 0 Å². The van der Waals surface area contributed by atoms with Crippen LogP contribution in [0.1, 0.15) is 12.8 Å². The fraction of sp³-hybridized carbons (Fsp3) is 0.550. The number of morpholine rings is 1. The highest BCUT2D eigenvalue weighted by molar-refractivity contribution is 5.86. The van der Waals surface area contributed by atoms with Gasteiger partial charge in [-0.1, -0.05) is 6.07 Å². The molecule has 2 fully saturated rings. The summed E-state index contributed by atoms with van der Waals surface area (Å²) in [4.78, 5) is 16.1. The lowest BCUT2D eigenvalue weighted by molar-refractivity contribution is -0.142. The highest BCUT2D eigenvalue weighted by atomic mass is 16.5. The van der Waals surface area contributed by atoms with Crippen molar-refractivity contribution in [1.29, 1.82) is 0 Å². The van der Waals surface area contributed by atoms with E-state index in [2.05, 4.69) is 47.0 Å². The third-order valence-electron chi connectivity index (χ3n) is 5.49. The molecule has 0 N–H and O–H groups in total. The zero-order valence-electron chi connectivity index (χ0n) is 15.4. The molecule has 2 aliphatic rings. The van der Waals surface area contributed by atoms with Gasteiger partial charge < -0.3 is 23.8 Å². The molecule has 26 heavy (non-hydrogen) atoms. The minimum absolute atomic E-state index is 0.116. The second-order valence-electron chi connectivity index (χ2n) is 7.21. The van der Waals surface area contributed by atoms with E-state index in [9.17, 15) is 4.79 Å². The number of benzene rings is 1. The fourth-order valence-electron chi connectivity index (χ4n) is 3.86. The molecule has 1 aromatic carbocycles. The number of ether oxygens (including phenoxy) is 2. The molecule has 6 nitrogen and oxygen atoms in total. The van der Waals surface area contributed by atoms with E-state index < -0.39 is 0 Å². The van der Waals surface area contributed by atoms with Crippen LogP contribution in [0, 0.1) is 0 Å². The van der Waals surface area contributed by atoms with Gasteiger partial charge in [-0.2, -0.15) is 0 Å². The molecule has 3 heterocycles. The maximum absolute atomic E-state index is 11.8. The molecule has 6 heteroatoms. The zero-order valence-corrected chi connectivity index (χ0v) is 15.4. The van der Waals surface area contributed by atoms with Crippen LogP contribution in [-0.4, -0.2) is 72.3 Å². The Bertz CT molecular complexity index is 765. The summed E-state index contributed by atoms with van der Waals surface area (Å²) in [6.07, 6.45) is 4.40. The summed E-state index contributed by atoms with van der Waals surface area (Å²) >= 11 is 0. The summed E-state index contributed by atoms with van der Waals surface area (Å²) in [7, 11) is 2.06. The van der Waals surface area contributed by atoms with E-state index >= 15 is 0 Å². The largest absolute Gasteiger partial charge is 0.490 e. The lowest BCUT2D eigenvalue weighted by atomic mass is 10.1. The molecule has 0 atom stereocenters. The first kappa shape index (κ1) is 17.4. The number of fused-ring (bicyclic) bond motifs is 1. The van der Waals surface area contributed by atoms with Crippen molar-refractivity contribution in [2.75, 3.05) is 45.9 Å². The maximum Gasteiger partial charge on any atom is 0.248 e. The summed E-state index contributed by atoms with van der Waals surface area (Å²) in [5, 5.41) is 1.18. The van der Waals surface area contributed by atoms with Gasteiger partial charge in [0.05, 0.1) is 12.1 Å². The minimum atomic E-state index is 0.116. The van der Waals surface area contributed by atoms with Gasteiger partial charge in [0.2, 0.25) is 5.91 Å². The average molecular weight is 357 g/mol. The van der Waals surface area contributed by atoms with Crippen molar-refractivity contribution in [3.63, 3.8) is 0 Å². The van der Waals surface area contributed by atoms with E-state index in [0.29, 0.717) is 6.61 Å². The van der Waals surface area contributed by atoms with Crippen molar-refractivity contribution >= 4 is 16.8 Å². The third kappa shape index (κ3) is 3.71. The van der Waals surface area contributed by atoms with Crippen LogP contribution in [-0.2, 0) is 16.6 Å². The van der Waals surface area contributed by atoms with Gasteiger partial charge in [0.1, 0.15) is 18.5 Å². The molecule has 2 aliphatic heterocycles. The minimum Gasteiger partial charge on any atom is -0.490 e. The van der Waals surface area contributed by atoms with Crippen LogP contribution in [0.5, 0.6) is 5.75 Å². The molecular weight excluding hydrogens is 330 g/mol. The second kappa shape index (κ2) is 7.68.